The number of carbonyl (C=O) groups is 1. The molecule has 2 amide bonds. The summed E-state index contributed by atoms with van der Waals surface area (Å²) in [6.45, 7) is 2.72. The van der Waals surface area contributed by atoms with Crippen molar-refractivity contribution >= 4 is 23.2 Å². The van der Waals surface area contributed by atoms with E-state index in [9.17, 15) is 9.59 Å². The third kappa shape index (κ3) is 2.52. The highest BCUT2D eigenvalue weighted by atomic mass is 32.1. The zero-order valence-corrected chi connectivity index (χ0v) is 13.4. The number of carbonyl (C=O) groups excluding carboxylic acids is 1. The first-order valence-corrected chi connectivity index (χ1v) is 8.15. The summed E-state index contributed by atoms with van der Waals surface area (Å²) in [6.07, 6.45) is 4.77. The van der Waals surface area contributed by atoms with Crippen molar-refractivity contribution in [2.24, 2.45) is 7.05 Å². The quantitative estimate of drug-likeness (QED) is 0.924. The minimum atomic E-state index is -0.308. The second kappa shape index (κ2) is 5.92. The number of nitrogens with one attached hydrogen (secondary N) is 1. The van der Waals surface area contributed by atoms with Crippen LogP contribution in [-0.4, -0.2) is 27.0 Å². The molecule has 0 saturated heterocycles. The van der Waals surface area contributed by atoms with Crippen LogP contribution in [0.5, 0.6) is 0 Å². The molecule has 7 heteroatoms. The zero-order chi connectivity index (χ0) is 15.7. The highest BCUT2D eigenvalue weighted by Crippen LogP contribution is 2.35. The summed E-state index contributed by atoms with van der Waals surface area (Å²) in [5.41, 5.74) is 0.917. The van der Waals surface area contributed by atoms with Gasteiger partial charge in [-0.05, 0) is 29.9 Å². The molecule has 3 rings (SSSR count). The van der Waals surface area contributed by atoms with Gasteiger partial charge in [-0.15, -0.1) is 11.3 Å². The van der Waals surface area contributed by atoms with E-state index in [-0.39, 0.29) is 23.5 Å². The van der Waals surface area contributed by atoms with Crippen molar-refractivity contribution in [3.8, 4) is 0 Å². The van der Waals surface area contributed by atoms with E-state index in [1.807, 2.05) is 0 Å². The Morgan fingerprint density at radius 3 is 3.14 bits per heavy atom. The lowest BCUT2D eigenvalue weighted by Crippen LogP contribution is -2.43. The van der Waals surface area contributed by atoms with Crippen LogP contribution in [0, 0.1) is 0 Å². The number of thiophene rings is 1. The minimum absolute atomic E-state index is 0.0579. The Bertz CT molecular complexity index is 752. The first-order chi connectivity index (χ1) is 10.6. The number of hydrogen-bond acceptors (Lipinski definition) is 4. The first kappa shape index (κ1) is 14.8. The molecule has 1 aliphatic rings. The van der Waals surface area contributed by atoms with Crippen molar-refractivity contribution in [1.82, 2.24) is 14.5 Å². The van der Waals surface area contributed by atoms with E-state index in [0.717, 1.165) is 12.8 Å². The summed E-state index contributed by atoms with van der Waals surface area (Å²) >= 11 is 1.74. The smallest absolute Gasteiger partial charge is 0.317 e. The van der Waals surface area contributed by atoms with Gasteiger partial charge >= 0.3 is 6.03 Å². The second-order valence-electron chi connectivity index (χ2n) is 5.29. The maximum absolute atomic E-state index is 12.6. The molecule has 0 bridgehead atoms. The van der Waals surface area contributed by atoms with Crippen molar-refractivity contribution in [2.75, 3.05) is 11.9 Å². The molecule has 0 aliphatic carbocycles. The van der Waals surface area contributed by atoms with Crippen molar-refractivity contribution < 1.29 is 4.79 Å². The molecule has 1 atom stereocenters. The number of aromatic nitrogens is 2. The molecule has 2 aromatic heterocycles. The van der Waals surface area contributed by atoms with E-state index in [2.05, 4.69) is 28.7 Å². The number of fused-ring (bicyclic) bond motifs is 1. The van der Waals surface area contributed by atoms with Gasteiger partial charge in [-0.2, -0.15) is 0 Å². The zero-order valence-electron chi connectivity index (χ0n) is 12.6. The monoisotopic (exact) mass is 318 g/mol. The van der Waals surface area contributed by atoms with Crippen LogP contribution in [-0.2, 0) is 13.5 Å². The van der Waals surface area contributed by atoms with Crippen LogP contribution in [0.4, 0.5) is 10.6 Å². The molecule has 0 aromatic carbocycles. The van der Waals surface area contributed by atoms with Gasteiger partial charge in [0.15, 0.2) is 0 Å². The normalized spacial score (nSPS) is 17.2. The fourth-order valence-electron chi connectivity index (χ4n) is 2.84. The fraction of sp³-hybridized carbons (Fsp3) is 0.400. The second-order valence-corrected chi connectivity index (χ2v) is 6.29. The van der Waals surface area contributed by atoms with Gasteiger partial charge in [-0.1, -0.05) is 6.92 Å². The van der Waals surface area contributed by atoms with E-state index in [0.29, 0.717) is 6.54 Å². The van der Waals surface area contributed by atoms with Crippen LogP contribution in [0.2, 0.25) is 0 Å². The Morgan fingerprint density at radius 2 is 2.36 bits per heavy atom. The summed E-state index contributed by atoms with van der Waals surface area (Å²) in [7, 11) is 1.63. The van der Waals surface area contributed by atoms with Gasteiger partial charge in [0.1, 0.15) is 0 Å². The van der Waals surface area contributed by atoms with Crippen LogP contribution < -0.4 is 10.9 Å². The molecule has 116 valence electrons. The number of anilines is 1. The summed E-state index contributed by atoms with van der Waals surface area (Å²) < 4.78 is 1.40. The van der Waals surface area contributed by atoms with E-state index in [1.165, 1.54) is 21.2 Å². The van der Waals surface area contributed by atoms with Crippen LogP contribution in [0.25, 0.3) is 0 Å². The van der Waals surface area contributed by atoms with E-state index in [1.54, 1.807) is 29.5 Å². The number of rotatable bonds is 2. The molecule has 0 unspecified atom stereocenters. The lowest BCUT2D eigenvalue weighted by Gasteiger charge is -2.35. The SMILES string of the molecule is CC[C@H]1c2ccsc2CCN1C(=O)Nc1nccn(C)c1=O. The maximum Gasteiger partial charge on any atom is 0.323 e. The van der Waals surface area contributed by atoms with Gasteiger partial charge in [0.05, 0.1) is 6.04 Å². The van der Waals surface area contributed by atoms with Crippen LogP contribution in [0.1, 0.15) is 29.8 Å². The topological polar surface area (TPSA) is 67.2 Å². The Balaban J connectivity index is 1.83. The van der Waals surface area contributed by atoms with Crippen molar-refractivity contribution in [2.45, 2.75) is 25.8 Å². The molecule has 0 saturated carbocycles. The number of aryl methyl sites for hydroxylation is 1. The molecule has 3 heterocycles. The summed E-state index contributed by atoms with van der Waals surface area (Å²) in [6, 6.07) is 1.88. The Morgan fingerprint density at radius 1 is 1.55 bits per heavy atom. The molecule has 1 aliphatic heterocycles. The third-order valence-electron chi connectivity index (χ3n) is 3.98. The number of amides is 2. The summed E-state index contributed by atoms with van der Waals surface area (Å²) in [5.74, 6) is 0.0703. The van der Waals surface area contributed by atoms with E-state index >= 15 is 0 Å². The lowest BCUT2D eigenvalue weighted by atomic mass is 9.98. The maximum atomic E-state index is 12.6. The van der Waals surface area contributed by atoms with Gasteiger partial charge in [0, 0.05) is 30.9 Å². The molecule has 0 fully saturated rings. The Kier molecular flexibility index (Phi) is 3.98. The van der Waals surface area contributed by atoms with Crippen molar-refractivity contribution in [1.29, 1.82) is 0 Å². The van der Waals surface area contributed by atoms with Crippen LogP contribution >= 0.6 is 11.3 Å². The predicted octanol–water partition coefficient (Wildman–Crippen LogP) is 2.38. The van der Waals surface area contributed by atoms with Crippen LogP contribution in [0.15, 0.2) is 28.6 Å². The molecule has 6 nitrogen and oxygen atoms in total. The minimum Gasteiger partial charge on any atom is -0.317 e. The number of urea groups is 1. The fourth-order valence-corrected chi connectivity index (χ4v) is 3.76. The average Bonchev–Trinajstić information content (AvgIpc) is 2.99. The molecular weight excluding hydrogens is 300 g/mol. The molecule has 2 aromatic rings. The van der Waals surface area contributed by atoms with E-state index < -0.39 is 0 Å². The van der Waals surface area contributed by atoms with Gasteiger partial charge in [0.25, 0.3) is 5.56 Å². The van der Waals surface area contributed by atoms with E-state index in [4.69, 9.17) is 0 Å². The molecule has 22 heavy (non-hydrogen) atoms. The molecule has 0 spiro atoms. The largest absolute Gasteiger partial charge is 0.323 e. The summed E-state index contributed by atoms with van der Waals surface area (Å²) in [5, 5.41) is 4.73. The highest BCUT2D eigenvalue weighted by molar-refractivity contribution is 7.10. The Hall–Kier alpha value is -2.15. The van der Waals surface area contributed by atoms with Crippen molar-refractivity contribution in [3.63, 3.8) is 0 Å². The molecule has 0 radical (unpaired) electrons. The summed E-state index contributed by atoms with van der Waals surface area (Å²) in [4.78, 5) is 31.6. The first-order valence-electron chi connectivity index (χ1n) is 7.27. The molecule has 1 N–H and O–H groups in total. The van der Waals surface area contributed by atoms with Gasteiger partial charge in [-0.25, -0.2) is 9.78 Å². The van der Waals surface area contributed by atoms with Crippen molar-refractivity contribution in [3.05, 3.63) is 44.6 Å². The predicted molar refractivity (Wildman–Crippen MR) is 86.3 cm³/mol. The van der Waals surface area contributed by atoms with Gasteiger partial charge in [0.2, 0.25) is 5.82 Å². The Labute approximate surface area is 132 Å². The third-order valence-corrected chi connectivity index (χ3v) is 4.98. The molecular formula is C15H18N4O2S. The van der Waals surface area contributed by atoms with Gasteiger partial charge in [-0.3, -0.25) is 10.1 Å². The number of nitrogens with zero attached hydrogens (tertiary/aromatic N) is 3. The van der Waals surface area contributed by atoms with Gasteiger partial charge < -0.3 is 9.47 Å². The average molecular weight is 318 g/mol. The lowest BCUT2D eigenvalue weighted by molar-refractivity contribution is 0.181. The highest BCUT2D eigenvalue weighted by Gasteiger charge is 2.30. The van der Waals surface area contributed by atoms with Crippen LogP contribution in [0.3, 0.4) is 0 Å². The standard InChI is InChI=1S/C15H18N4O2S/c1-3-11-10-5-9-22-12(10)4-7-19(11)15(21)17-13-14(20)18(2)8-6-16-13/h5-6,8-9,11H,3-4,7H2,1-2H3,(H,16,17,21)/t11-/m0/s1. The number of hydrogen-bond donors (Lipinski definition) is 1.